The average Bonchev–Trinajstić information content (AvgIpc) is 2.85. The van der Waals surface area contributed by atoms with Crippen molar-refractivity contribution in [3.63, 3.8) is 0 Å². The van der Waals surface area contributed by atoms with Crippen LogP contribution >= 0.6 is 11.3 Å². The van der Waals surface area contributed by atoms with E-state index in [1.165, 1.54) is 11.2 Å². The summed E-state index contributed by atoms with van der Waals surface area (Å²) in [6.45, 7) is 3.81. The smallest absolute Gasteiger partial charge is 0.137 e. The first-order valence-corrected chi connectivity index (χ1v) is 5.68. The second-order valence-corrected chi connectivity index (χ2v) is 4.16. The Kier molecular flexibility index (Phi) is 3.41. The summed E-state index contributed by atoms with van der Waals surface area (Å²) < 4.78 is 0. The minimum absolute atomic E-state index is 0.873. The van der Waals surface area contributed by atoms with E-state index in [1.807, 2.05) is 12.4 Å². The number of hydrogen-bond acceptors (Lipinski definition) is 5. The lowest BCUT2D eigenvalue weighted by molar-refractivity contribution is 0.674. The summed E-state index contributed by atoms with van der Waals surface area (Å²) in [5.74, 6) is 0.920. The average molecular weight is 223 g/mol. The highest BCUT2D eigenvalue weighted by molar-refractivity contribution is 7.09. The fraction of sp³-hybridized carbons (Fsp3) is 0.444. The van der Waals surface area contributed by atoms with Gasteiger partial charge in [-0.3, -0.25) is 5.10 Å². The second-order valence-electron chi connectivity index (χ2n) is 3.22. The predicted octanol–water partition coefficient (Wildman–Crippen LogP) is 0.902. The number of nitrogens with zero attached hydrogens (tertiary/aromatic N) is 3. The van der Waals surface area contributed by atoms with Crippen molar-refractivity contribution in [2.24, 2.45) is 0 Å². The fourth-order valence-electron chi connectivity index (χ4n) is 1.26. The van der Waals surface area contributed by atoms with E-state index in [0.29, 0.717) is 0 Å². The molecule has 0 amide bonds. The maximum atomic E-state index is 4.20. The maximum Gasteiger partial charge on any atom is 0.137 e. The first kappa shape index (κ1) is 10.3. The predicted molar refractivity (Wildman–Crippen MR) is 58.6 cm³/mol. The van der Waals surface area contributed by atoms with Crippen LogP contribution in [0.25, 0.3) is 0 Å². The summed E-state index contributed by atoms with van der Waals surface area (Å²) in [6, 6.07) is 0. The van der Waals surface area contributed by atoms with Crippen LogP contribution in [-0.4, -0.2) is 26.7 Å². The zero-order valence-electron chi connectivity index (χ0n) is 8.53. The molecule has 0 atom stereocenters. The molecule has 80 valence electrons. The maximum absolute atomic E-state index is 4.20. The lowest BCUT2D eigenvalue weighted by Gasteiger charge is -2.01. The van der Waals surface area contributed by atoms with Gasteiger partial charge < -0.3 is 5.32 Å². The second kappa shape index (κ2) is 4.99. The number of rotatable bonds is 5. The van der Waals surface area contributed by atoms with Gasteiger partial charge in [0, 0.05) is 24.4 Å². The van der Waals surface area contributed by atoms with E-state index in [-0.39, 0.29) is 0 Å². The quantitative estimate of drug-likeness (QED) is 0.739. The van der Waals surface area contributed by atoms with Gasteiger partial charge in [0.1, 0.15) is 12.2 Å². The van der Waals surface area contributed by atoms with Gasteiger partial charge in [-0.05, 0) is 6.92 Å². The van der Waals surface area contributed by atoms with E-state index in [9.17, 15) is 0 Å². The lowest BCUT2D eigenvalue weighted by Crippen LogP contribution is -2.17. The molecule has 2 rings (SSSR count). The Morgan fingerprint density at radius 3 is 3.07 bits per heavy atom. The molecule has 2 N–H and O–H groups in total. The minimum atomic E-state index is 0.873. The molecule has 0 radical (unpaired) electrons. The number of aromatic amines is 1. The number of H-pyrrole nitrogens is 1. The summed E-state index contributed by atoms with van der Waals surface area (Å²) in [5, 5.41) is 9.97. The molecular weight excluding hydrogens is 210 g/mol. The molecule has 0 bridgehead atoms. The van der Waals surface area contributed by atoms with Crippen LogP contribution < -0.4 is 5.32 Å². The van der Waals surface area contributed by atoms with Crippen molar-refractivity contribution < 1.29 is 0 Å². The van der Waals surface area contributed by atoms with Crippen LogP contribution in [-0.2, 0) is 13.0 Å². The third-order valence-corrected chi connectivity index (χ3v) is 3.07. The highest BCUT2D eigenvalue weighted by Crippen LogP contribution is 2.10. The Hall–Kier alpha value is -1.27. The van der Waals surface area contributed by atoms with Crippen molar-refractivity contribution in [1.82, 2.24) is 25.5 Å². The van der Waals surface area contributed by atoms with E-state index in [0.717, 1.165) is 31.0 Å². The summed E-state index contributed by atoms with van der Waals surface area (Å²) in [7, 11) is 0. The number of thiazole rings is 1. The van der Waals surface area contributed by atoms with E-state index >= 15 is 0 Å². The minimum Gasteiger partial charge on any atom is -0.311 e. The van der Waals surface area contributed by atoms with Crippen molar-refractivity contribution in [2.45, 2.75) is 19.9 Å². The fourth-order valence-corrected chi connectivity index (χ4v) is 2.00. The zero-order valence-corrected chi connectivity index (χ0v) is 9.34. The normalized spacial score (nSPS) is 10.7. The topological polar surface area (TPSA) is 66.5 Å². The van der Waals surface area contributed by atoms with Crippen LogP contribution in [0.5, 0.6) is 0 Å². The third kappa shape index (κ3) is 2.84. The van der Waals surface area contributed by atoms with Crippen molar-refractivity contribution in [3.8, 4) is 0 Å². The van der Waals surface area contributed by atoms with E-state index in [4.69, 9.17) is 0 Å². The van der Waals surface area contributed by atoms with Gasteiger partial charge in [-0.2, -0.15) is 5.10 Å². The molecule has 0 saturated carbocycles. The van der Waals surface area contributed by atoms with E-state index in [1.54, 1.807) is 11.3 Å². The van der Waals surface area contributed by atoms with Gasteiger partial charge in [0.05, 0.1) is 11.2 Å². The number of aryl methyl sites for hydroxylation is 1. The molecule has 0 aromatic carbocycles. The molecule has 15 heavy (non-hydrogen) atoms. The largest absolute Gasteiger partial charge is 0.311 e. The van der Waals surface area contributed by atoms with Gasteiger partial charge in [-0.15, -0.1) is 11.3 Å². The summed E-state index contributed by atoms with van der Waals surface area (Å²) in [6.07, 6.45) is 2.40. The van der Waals surface area contributed by atoms with Crippen LogP contribution in [0.2, 0.25) is 0 Å². The van der Waals surface area contributed by atoms with Crippen LogP contribution in [0, 0.1) is 6.92 Å². The molecule has 0 fully saturated rings. The van der Waals surface area contributed by atoms with Gasteiger partial charge in [0.15, 0.2) is 0 Å². The Bertz CT molecular complexity index is 394. The molecule has 2 aromatic rings. The van der Waals surface area contributed by atoms with E-state index in [2.05, 4.69) is 25.5 Å². The first-order chi connectivity index (χ1) is 7.36. The third-order valence-electron chi connectivity index (χ3n) is 2.13. The van der Waals surface area contributed by atoms with Crippen molar-refractivity contribution in [2.75, 3.05) is 6.54 Å². The van der Waals surface area contributed by atoms with Crippen molar-refractivity contribution >= 4 is 11.3 Å². The Labute approximate surface area is 92.0 Å². The van der Waals surface area contributed by atoms with Crippen LogP contribution in [0.3, 0.4) is 0 Å². The van der Waals surface area contributed by atoms with Gasteiger partial charge in [-0.25, -0.2) is 9.97 Å². The molecule has 5 nitrogen and oxygen atoms in total. The highest BCUT2D eigenvalue weighted by Gasteiger charge is 2.00. The Balaban J connectivity index is 1.70. The lowest BCUT2D eigenvalue weighted by atomic mass is 10.3. The molecule has 0 saturated heterocycles. The van der Waals surface area contributed by atoms with Crippen molar-refractivity contribution in [3.05, 3.63) is 28.2 Å². The van der Waals surface area contributed by atoms with Gasteiger partial charge in [0.2, 0.25) is 0 Å². The van der Waals surface area contributed by atoms with Crippen LogP contribution in [0.1, 0.15) is 16.4 Å². The van der Waals surface area contributed by atoms with Gasteiger partial charge in [-0.1, -0.05) is 0 Å². The first-order valence-electron chi connectivity index (χ1n) is 4.80. The molecule has 0 aliphatic heterocycles. The summed E-state index contributed by atoms with van der Waals surface area (Å²) in [5.41, 5.74) is 3.00. The van der Waals surface area contributed by atoms with Crippen molar-refractivity contribution in [1.29, 1.82) is 0 Å². The van der Waals surface area contributed by atoms with Crippen LogP contribution in [0.15, 0.2) is 11.8 Å². The number of hydrogen-bond donors (Lipinski definition) is 2. The summed E-state index contributed by atoms with van der Waals surface area (Å²) in [4.78, 5) is 9.55. The Morgan fingerprint density at radius 2 is 2.40 bits per heavy atom. The van der Waals surface area contributed by atoms with Gasteiger partial charge >= 0.3 is 0 Å². The molecule has 0 aliphatic carbocycles. The number of nitrogens with one attached hydrogen (secondary N) is 2. The van der Waals surface area contributed by atoms with E-state index < -0.39 is 0 Å². The molecule has 2 aromatic heterocycles. The molecule has 2 heterocycles. The summed E-state index contributed by atoms with van der Waals surface area (Å²) >= 11 is 1.69. The number of aromatic nitrogens is 4. The zero-order chi connectivity index (χ0) is 10.5. The molecule has 6 heteroatoms. The standard InChI is InChI=1S/C9H13N5S/c1-7-8(15-6-12-7)4-10-3-2-9-11-5-13-14-9/h5-6,10H,2-4H2,1H3,(H,11,13,14). The molecule has 0 unspecified atom stereocenters. The molecular formula is C9H13N5S. The van der Waals surface area contributed by atoms with Gasteiger partial charge in [0.25, 0.3) is 0 Å². The molecule has 0 aliphatic rings. The monoisotopic (exact) mass is 223 g/mol. The molecule has 0 spiro atoms. The van der Waals surface area contributed by atoms with Crippen LogP contribution in [0.4, 0.5) is 0 Å². The highest BCUT2D eigenvalue weighted by atomic mass is 32.1. The Morgan fingerprint density at radius 1 is 1.47 bits per heavy atom. The SMILES string of the molecule is Cc1ncsc1CNCCc1ncn[nH]1.